The number of aromatic amines is 2. The average molecular weight is 352 g/mol. The van der Waals surface area contributed by atoms with E-state index in [9.17, 15) is 4.79 Å². The van der Waals surface area contributed by atoms with E-state index >= 15 is 0 Å². The van der Waals surface area contributed by atoms with Gasteiger partial charge in [-0.3, -0.25) is 9.89 Å². The third-order valence-electron chi connectivity index (χ3n) is 4.56. The smallest absolute Gasteiger partial charge is 0.243 e. The molecule has 0 fully saturated rings. The number of hydrogen-bond donors (Lipinski definition) is 4. The molecule has 4 rings (SSSR count). The Morgan fingerprint density at radius 2 is 2.19 bits per heavy atom. The highest BCUT2D eigenvalue weighted by atomic mass is 16.5. The van der Waals surface area contributed by atoms with Crippen LogP contribution in [0.3, 0.4) is 0 Å². The molecule has 0 saturated carbocycles. The predicted octanol–water partition coefficient (Wildman–Crippen LogP) is 1.31. The fourth-order valence-corrected chi connectivity index (χ4v) is 3.17. The third-order valence-corrected chi connectivity index (χ3v) is 4.56. The van der Waals surface area contributed by atoms with Crippen LogP contribution in [0.4, 0.5) is 0 Å². The maximum Gasteiger partial charge on any atom is 0.243 e. The zero-order chi connectivity index (χ0) is 17.9. The normalized spacial score (nSPS) is 16.1. The van der Waals surface area contributed by atoms with Crippen molar-refractivity contribution in [3.8, 4) is 17.0 Å². The van der Waals surface area contributed by atoms with Gasteiger partial charge in [0, 0.05) is 36.3 Å². The fourth-order valence-electron chi connectivity index (χ4n) is 3.17. The van der Waals surface area contributed by atoms with E-state index in [1.54, 1.807) is 19.6 Å². The fraction of sp³-hybridized carbons (Fsp3) is 0.278. The van der Waals surface area contributed by atoms with E-state index in [1.807, 2.05) is 24.3 Å². The number of nitrogens with one attached hydrogen (secondary N) is 4. The zero-order valence-electron chi connectivity index (χ0n) is 14.4. The van der Waals surface area contributed by atoms with Crippen molar-refractivity contribution in [2.45, 2.75) is 19.0 Å². The first-order chi connectivity index (χ1) is 12.8. The van der Waals surface area contributed by atoms with Crippen molar-refractivity contribution in [2.24, 2.45) is 0 Å². The number of carbonyl (C=O) groups excluding carboxylic acids is 1. The summed E-state index contributed by atoms with van der Waals surface area (Å²) in [6, 6.07) is 7.27. The number of aromatic nitrogens is 4. The Balaban J connectivity index is 1.46. The van der Waals surface area contributed by atoms with E-state index in [4.69, 9.17) is 4.74 Å². The molecule has 0 unspecified atom stereocenters. The summed E-state index contributed by atoms with van der Waals surface area (Å²) in [6.07, 6.45) is 4.21. The topological polar surface area (TPSA) is 108 Å². The van der Waals surface area contributed by atoms with E-state index in [1.165, 1.54) is 0 Å². The number of amides is 1. The molecule has 1 aliphatic rings. The molecule has 3 heterocycles. The van der Waals surface area contributed by atoms with Crippen LogP contribution in [-0.2, 0) is 17.8 Å². The van der Waals surface area contributed by atoms with Crippen molar-refractivity contribution < 1.29 is 9.53 Å². The number of ether oxygens (including phenoxy) is 1. The highest BCUT2D eigenvalue weighted by molar-refractivity contribution is 5.83. The molecule has 134 valence electrons. The Hall–Kier alpha value is -3.13. The van der Waals surface area contributed by atoms with Crippen LogP contribution >= 0.6 is 0 Å². The van der Waals surface area contributed by atoms with E-state index in [0.717, 1.165) is 46.9 Å². The molecule has 8 heteroatoms. The molecule has 3 aromatic rings. The van der Waals surface area contributed by atoms with Gasteiger partial charge in [-0.05, 0) is 24.3 Å². The maximum atomic E-state index is 12.6. The van der Waals surface area contributed by atoms with Crippen LogP contribution in [0.15, 0.2) is 36.8 Å². The largest absolute Gasteiger partial charge is 0.497 e. The van der Waals surface area contributed by atoms with Crippen molar-refractivity contribution in [1.82, 2.24) is 30.8 Å². The van der Waals surface area contributed by atoms with Crippen LogP contribution in [0.25, 0.3) is 11.3 Å². The molecule has 4 N–H and O–H groups in total. The minimum atomic E-state index is -0.429. The molecular formula is C18H20N6O2. The summed E-state index contributed by atoms with van der Waals surface area (Å²) < 4.78 is 5.19. The number of hydrogen-bond acceptors (Lipinski definition) is 5. The molecule has 8 nitrogen and oxygen atoms in total. The van der Waals surface area contributed by atoms with Crippen molar-refractivity contribution >= 4 is 5.91 Å². The van der Waals surface area contributed by atoms with Gasteiger partial charge in [-0.25, -0.2) is 4.98 Å². The van der Waals surface area contributed by atoms with Crippen LogP contribution in [0.1, 0.15) is 23.0 Å². The summed E-state index contributed by atoms with van der Waals surface area (Å²) in [4.78, 5) is 20.0. The lowest BCUT2D eigenvalue weighted by atomic mass is 10.0. The number of nitrogens with zero attached hydrogens (tertiary/aromatic N) is 2. The van der Waals surface area contributed by atoms with Gasteiger partial charge in [0.25, 0.3) is 0 Å². The monoisotopic (exact) mass is 352 g/mol. The second-order valence-corrected chi connectivity index (χ2v) is 6.12. The highest BCUT2D eigenvalue weighted by Gasteiger charge is 2.28. The first-order valence-corrected chi connectivity index (χ1v) is 8.46. The lowest BCUT2D eigenvalue weighted by molar-refractivity contribution is -0.123. The molecular weight excluding hydrogens is 332 g/mol. The van der Waals surface area contributed by atoms with Crippen molar-refractivity contribution in [3.05, 3.63) is 53.7 Å². The predicted molar refractivity (Wildman–Crippen MR) is 95.5 cm³/mol. The summed E-state index contributed by atoms with van der Waals surface area (Å²) in [6.45, 7) is 1.13. The number of carbonyl (C=O) groups is 1. The number of methoxy groups -OCH3 is 1. The zero-order valence-corrected chi connectivity index (χ0v) is 14.4. The van der Waals surface area contributed by atoms with Gasteiger partial charge in [-0.15, -0.1) is 0 Å². The van der Waals surface area contributed by atoms with Crippen molar-refractivity contribution in [1.29, 1.82) is 0 Å². The maximum absolute atomic E-state index is 12.6. The van der Waals surface area contributed by atoms with Gasteiger partial charge < -0.3 is 20.4 Å². The van der Waals surface area contributed by atoms with Crippen LogP contribution in [0.5, 0.6) is 5.75 Å². The Morgan fingerprint density at radius 3 is 3.00 bits per heavy atom. The Labute approximate surface area is 150 Å². The van der Waals surface area contributed by atoms with E-state index in [2.05, 4.69) is 30.8 Å². The standard InChI is InChI=1S/C18H20N6O2/c1-26-13-4-2-11(3-5-13)15-12(9-23-24-15)8-20-18(25)17-16-14(6-7-19-17)21-10-22-16/h2-5,9-10,17,19H,6-8H2,1H3,(H,20,25)(H,21,22)(H,23,24)/t17-/m0/s1. The molecule has 0 aliphatic carbocycles. The van der Waals surface area contributed by atoms with E-state index in [-0.39, 0.29) is 5.91 Å². The Bertz CT molecular complexity index is 899. The van der Waals surface area contributed by atoms with Crippen LogP contribution in [0, 0.1) is 0 Å². The van der Waals surface area contributed by atoms with Crippen LogP contribution in [0.2, 0.25) is 0 Å². The molecule has 1 atom stereocenters. The van der Waals surface area contributed by atoms with Gasteiger partial charge in [0.05, 0.1) is 31.0 Å². The van der Waals surface area contributed by atoms with E-state index in [0.29, 0.717) is 6.54 Å². The van der Waals surface area contributed by atoms with Gasteiger partial charge in [0.2, 0.25) is 5.91 Å². The molecule has 1 amide bonds. The number of H-pyrrole nitrogens is 2. The Morgan fingerprint density at radius 1 is 1.35 bits per heavy atom. The summed E-state index contributed by atoms with van der Waals surface area (Å²) in [5, 5.41) is 13.3. The quantitative estimate of drug-likeness (QED) is 0.554. The van der Waals surface area contributed by atoms with Gasteiger partial charge in [0.1, 0.15) is 11.8 Å². The van der Waals surface area contributed by atoms with E-state index < -0.39 is 6.04 Å². The second kappa shape index (κ2) is 7.01. The molecule has 2 aromatic heterocycles. The van der Waals surface area contributed by atoms with Crippen molar-refractivity contribution in [3.63, 3.8) is 0 Å². The SMILES string of the molecule is COc1ccc(-c2[nH]ncc2CNC(=O)[C@H]2NCCc3[nH]cnc32)cc1. The minimum Gasteiger partial charge on any atom is -0.497 e. The molecule has 0 saturated heterocycles. The lowest BCUT2D eigenvalue weighted by Crippen LogP contribution is -2.41. The highest BCUT2D eigenvalue weighted by Crippen LogP contribution is 2.24. The van der Waals surface area contributed by atoms with Gasteiger partial charge >= 0.3 is 0 Å². The number of benzene rings is 1. The third kappa shape index (κ3) is 3.06. The number of imidazole rings is 1. The van der Waals surface area contributed by atoms with Crippen LogP contribution in [-0.4, -0.2) is 39.7 Å². The second-order valence-electron chi connectivity index (χ2n) is 6.12. The first-order valence-electron chi connectivity index (χ1n) is 8.46. The summed E-state index contributed by atoms with van der Waals surface area (Å²) >= 11 is 0. The van der Waals surface area contributed by atoms with Gasteiger partial charge in [-0.2, -0.15) is 5.10 Å². The van der Waals surface area contributed by atoms with Crippen molar-refractivity contribution in [2.75, 3.05) is 13.7 Å². The number of rotatable bonds is 5. The number of fused-ring (bicyclic) bond motifs is 1. The summed E-state index contributed by atoms with van der Waals surface area (Å²) in [5.41, 5.74) is 4.58. The van der Waals surface area contributed by atoms with Gasteiger partial charge in [-0.1, -0.05) is 0 Å². The minimum absolute atomic E-state index is 0.0973. The van der Waals surface area contributed by atoms with Gasteiger partial charge in [0.15, 0.2) is 0 Å². The molecule has 0 spiro atoms. The molecule has 1 aromatic carbocycles. The average Bonchev–Trinajstić information content (AvgIpc) is 3.35. The summed E-state index contributed by atoms with van der Waals surface area (Å²) in [5.74, 6) is 0.696. The Kier molecular flexibility index (Phi) is 4.40. The first kappa shape index (κ1) is 16.3. The molecule has 1 aliphatic heterocycles. The summed E-state index contributed by atoms with van der Waals surface area (Å²) in [7, 11) is 1.64. The van der Waals surface area contributed by atoms with Crippen LogP contribution < -0.4 is 15.4 Å². The lowest BCUT2D eigenvalue weighted by Gasteiger charge is -2.22. The molecule has 0 radical (unpaired) electrons. The molecule has 26 heavy (non-hydrogen) atoms. The molecule has 0 bridgehead atoms.